The lowest BCUT2D eigenvalue weighted by atomic mass is 10.2. The topological polar surface area (TPSA) is 113 Å². The summed E-state index contributed by atoms with van der Waals surface area (Å²) < 4.78 is 56.4. The van der Waals surface area contributed by atoms with Gasteiger partial charge in [-0.1, -0.05) is 29.3 Å². The highest BCUT2D eigenvalue weighted by Crippen LogP contribution is 2.36. The van der Waals surface area contributed by atoms with Gasteiger partial charge < -0.3 is 4.90 Å². The van der Waals surface area contributed by atoms with Crippen LogP contribution in [0.1, 0.15) is 12.5 Å². The fraction of sp³-hybridized carbons (Fsp3) is 0.150. The Balaban J connectivity index is 1.69. The summed E-state index contributed by atoms with van der Waals surface area (Å²) in [5.41, 5.74) is 1.22. The Hall–Kier alpha value is -2.31. The normalized spacial score (nSPS) is 13.6. The van der Waals surface area contributed by atoms with Crippen molar-refractivity contribution in [2.45, 2.75) is 22.4 Å². The predicted molar refractivity (Wildman–Crippen MR) is 131 cm³/mol. The minimum Gasteiger partial charge on any atom is -0.312 e. The number of benzene rings is 2. The second-order valence-corrected chi connectivity index (χ2v) is 12.5. The van der Waals surface area contributed by atoms with Crippen molar-refractivity contribution >= 4 is 77.6 Å². The third-order valence-corrected chi connectivity index (χ3v) is 9.79. The van der Waals surface area contributed by atoms with Gasteiger partial charge in [-0.05, 0) is 53.8 Å². The molecule has 2 heterocycles. The number of thiophene rings is 1. The molecule has 0 bridgehead atoms. The van der Waals surface area contributed by atoms with Gasteiger partial charge in [0.2, 0.25) is 5.91 Å². The summed E-state index contributed by atoms with van der Waals surface area (Å²) >= 11 is 13.1. The Morgan fingerprint density at radius 3 is 2.18 bits per heavy atom. The number of amides is 1. The van der Waals surface area contributed by atoms with E-state index < -0.39 is 20.0 Å². The van der Waals surface area contributed by atoms with Gasteiger partial charge in [0.25, 0.3) is 20.0 Å². The lowest BCUT2D eigenvalue weighted by Gasteiger charge is -2.17. The molecule has 0 saturated carbocycles. The van der Waals surface area contributed by atoms with Crippen LogP contribution in [0.3, 0.4) is 0 Å². The van der Waals surface area contributed by atoms with Crippen molar-refractivity contribution in [3.63, 3.8) is 0 Å². The smallest absolute Gasteiger partial charge is 0.271 e. The molecule has 33 heavy (non-hydrogen) atoms. The van der Waals surface area contributed by atoms with E-state index in [4.69, 9.17) is 23.2 Å². The Bertz CT molecular complexity index is 1460. The maximum Gasteiger partial charge on any atom is 0.271 e. The first-order chi connectivity index (χ1) is 15.5. The van der Waals surface area contributed by atoms with E-state index in [-0.39, 0.29) is 36.4 Å². The summed E-state index contributed by atoms with van der Waals surface area (Å²) in [6, 6.07) is 9.93. The molecule has 0 saturated heterocycles. The van der Waals surface area contributed by atoms with Crippen LogP contribution in [0.2, 0.25) is 10.0 Å². The molecule has 0 unspecified atom stereocenters. The molecule has 4 rings (SSSR count). The maximum absolute atomic E-state index is 13.1. The molecule has 1 amide bonds. The molecule has 8 nitrogen and oxygen atoms in total. The van der Waals surface area contributed by atoms with Gasteiger partial charge in [-0.15, -0.1) is 11.3 Å². The maximum atomic E-state index is 13.1. The minimum absolute atomic E-state index is 0.0372. The summed E-state index contributed by atoms with van der Waals surface area (Å²) in [6.45, 7) is 1.92. The van der Waals surface area contributed by atoms with E-state index in [1.807, 2.05) is 0 Å². The number of nitrogens with one attached hydrogen (secondary N) is 2. The number of nitrogens with zero attached hydrogens (tertiary/aromatic N) is 1. The summed E-state index contributed by atoms with van der Waals surface area (Å²) in [5, 5.41) is 1.69. The summed E-state index contributed by atoms with van der Waals surface area (Å²) in [4.78, 5) is 13.3. The van der Waals surface area contributed by atoms with Gasteiger partial charge in [-0.3, -0.25) is 14.2 Å². The average molecular weight is 546 g/mol. The molecule has 2 N–H and O–H groups in total. The zero-order valence-corrected chi connectivity index (χ0v) is 21.0. The highest BCUT2D eigenvalue weighted by Gasteiger charge is 2.26. The third kappa shape index (κ3) is 4.82. The molecule has 13 heteroatoms. The molecule has 3 aromatic rings. The second-order valence-electron chi connectivity index (χ2n) is 7.17. The number of carbonyl (C=O) groups excluding carboxylic acids is 1. The SMILES string of the molecule is CC(=O)N1CCc2cc(S(=O)(=O)Nc3cc(Cl)c(Cl)cc3NS(=O)(=O)c3cccs3)ccc21. The fourth-order valence-electron chi connectivity index (χ4n) is 3.40. The van der Waals surface area contributed by atoms with E-state index >= 15 is 0 Å². The first-order valence-corrected chi connectivity index (χ1v) is 14.1. The van der Waals surface area contributed by atoms with E-state index in [1.54, 1.807) is 22.4 Å². The quantitative estimate of drug-likeness (QED) is 0.471. The lowest BCUT2D eigenvalue weighted by molar-refractivity contribution is -0.116. The van der Waals surface area contributed by atoms with Crippen LogP contribution >= 0.6 is 34.5 Å². The van der Waals surface area contributed by atoms with Crippen LogP contribution < -0.4 is 14.3 Å². The van der Waals surface area contributed by atoms with Crippen molar-refractivity contribution in [2.24, 2.45) is 0 Å². The first kappa shape index (κ1) is 23.8. The number of sulfonamides is 2. The molecule has 1 aliphatic heterocycles. The van der Waals surface area contributed by atoms with Gasteiger partial charge in [0.05, 0.1) is 26.3 Å². The Morgan fingerprint density at radius 1 is 0.970 bits per heavy atom. The fourth-order valence-corrected chi connectivity index (χ4v) is 6.91. The van der Waals surface area contributed by atoms with Gasteiger partial charge >= 0.3 is 0 Å². The number of halogens is 2. The summed E-state index contributed by atoms with van der Waals surface area (Å²) in [5.74, 6) is -0.124. The molecular weight excluding hydrogens is 529 g/mol. The van der Waals surface area contributed by atoms with Crippen LogP contribution in [0.25, 0.3) is 0 Å². The number of hydrogen-bond acceptors (Lipinski definition) is 6. The molecule has 2 aromatic carbocycles. The van der Waals surface area contributed by atoms with Crippen molar-refractivity contribution in [1.82, 2.24) is 0 Å². The number of rotatable bonds is 6. The van der Waals surface area contributed by atoms with Gasteiger partial charge in [-0.25, -0.2) is 16.8 Å². The van der Waals surface area contributed by atoms with E-state index in [1.165, 1.54) is 37.3 Å². The Morgan fingerprint density at radius 2 is 1.61 bits per heavy atom. The molecule has 0 atom stereocenters. The number of anilines is 3. The summed E-state index contributed by atoms with van der Waals surface area (Å²) in [7, 11) is -8.09. The predicted octanol–water partition coefficient (Wildman–Crippen LogP) is 4.57. The van der Waals surface area contributed by atoms with Crippen LogP contribution in [0.15, 0.2) is 56.9 Å². The molecule has 174 valence electrons. The molecular formula is C20H17Cl2N3O5S3. The standard InChI is InChI=1S/C20H17Cl2N3O5S3/c1-12(26)25-7-6-13-9-14(4-5-19(13)25)32(27,28)23-17-10-15(21)16(22)11-18(17)24-33(29,30)20-3-2-8-31-20/h2-5,8-11,23-24H,6-7H2,1H3. The van der Waals surface area contributed by atoms with Crippen LogP contribution in [0.4, 0.5) is 17.1 Å². The Labute approximate surface area is 205 Å². The van der Waals surface area contributed by atoms with Gasteiger partial charge in [0.1, 0.15) is 4.21 Å². The molecule has 0 fully saturated rings. The van der Waals surface area contributed by atoms with Crippen molar-refractivity contribution in [3.05, 3.63) is 63.5 Å². The highest BCUT2D eigenvalue weighted by molar-refractivity contribution is 7.94. The van der Waals surface area contributed by atoms with E-state index in [0.29, 0.717) is 18.7 Å². The van der Waals surface area contributed by atoms with Crippen LogP contribution in [-0.4, -0.2) is 29.3 Å². The lowest BCUT2D eigenvalue weighted by Crippen LogP contribution is -2.25. The third-order valence-electron chi connectivity index (χ3n) is 4.95. The average Bonchev–Trinajstić information content (AvgIpc) is 3.41. The van der Waals surface area contributed by atoms with Crippen molar-refractivity contribution < 1.29 is 21.6 Å². The molecule has 0 spiro atoms. The van der Waals surface area contributed by atoms with E-state index in [2.05, 4.69) is 9.44 Å². The van der Waals surface area contributed by atoms with Crippen molar-refractivity contribution in [2.75, 3.05) is 20.9 Å². The van der Waals surface area contributed by atoms with E-state index in [0.717, 1.165) is 16.9 Å². The van der Waals surface area contributed by atoms with Gasteiger partial charge in [-0.2, -0.15) is 0 Å². The molecule has 0 radical (unpaired) electrons. The van der Waals surface area contributed by atoms with Crippen LogP contribution in [0, 0.1) is 0 Å². The van der Waals surface area contributed by atoms with Crippen LogP contribution in [-0.2, 0) is 31.3 Å². The minimum atomic E-state index is -4.12. The Kier molecular flexibility index (Phi) is 6.36. The van der Waals surface area contributed by atoms with Gasteiger partial charge in [0.15, 0.2) is 0 Å². The zero-order chi connectivity index (χ0) is 24.0. The highest BCUT2D eigenvalue weighted by atomic mass is 35.5. The molecule has 1 aromatic heterocycles. The molecule has 1 aliphatic rings. The summed E-state index contributed by atoms with van der Waals surface area (Å²) in [6.07, 6.45) is 0.525. The number of hydrogen-bond donors (Lipinski definition) is 2. The van der Waals surface area contributed by atoms with Crippen molar-refractivity contribution in [1.29, 1.82) is 0 Å². The number of fused-ring (bicyclic) bond motifs is 1. The number of carbonyl (C=O) groups is 1. The monoisotopic (exact) mass is 545 g/mol. The zero-order valence-electron chi connectivity index (χ0n) is 17.0. The van der Waals surface area contributed by atoms with Crippen molar-refractivity contribution in [3.8, 4) is 0 Å². The first-order valence-electron chi connectivity index (χ1n) is 9.47. The van der Waals surface area contributed by atoms with E-state index in [9.17, 15) is 21.6 Å². The van der Waals surface area contributed by atoms with Gasteiger partial charge in [0, 0.05) is 19.2 Å². The molecule has 0 aliphatic carbocycles. The second kappa shape index (κ2) is 8.80. The largest absolute Gasteiger partial charge is 0.312 e. The van der Waals surface area contributed by atoms with Crippen LogP contribution in [0.5, 0.6) is 0 Å².